The molecule has 0 aliphatic rings. The molecule has 142 valence electrons. The number of benzene rings is 1. The highest BCUT2D eigenvalue weighted by Gasteiger charge is 2.21. The van der Waals surface area contributed by atoms with Crippen LogP contribution in [0.15, 0.2) is 33.4 Å². The first-order chi connectivity index (χ1) is 12.5. The summed E-state index contributed by atoms with van der Waals surface area (Å²) in [6.07, 6.45) is 0. The van der Waals surface area contributed by atoms with E-state index in [1.165, 1.54) is 0 Å². The average Bonchev–Trinajstić information content (AvgIpc) is 3.02. The van der Waals surface area contributed by atoms with Crippen LogP contribution in [0.25, 0.3) is 0 Å². The summed E-state index contributed by atoms with van der Waals surface area (Å²) >= 11 is 3.26. The molecule has 0 atom stereocenters. The molecule has 0 bridgehead atoms. The summed E-state index contributed by atoms with van der Waals surface area (Å²) in [6.45, 7) is 7.39. The van der Waals surface area contributed by atoms with Crippen LogP contribution in [0.2, 0.25) is 0 Å². The lowest BCUT2D eigenvalue weighted by atomic mass is 10.1. The SMILES string of the molecule is CCOc1cc(C(=O)N(C)Cc2ccc(Br)o2)cc(OCC)c1OCC. The maximum atomic E-state index is 12.9. The van der Waals surface area contributed by atoms with Crippen molar-refractivity contribution < 1.29 is 23.4 Å². The highest BCUT2D eigenvalue weighted by atomic mass is 79.9. The predicted octanol–water partition coefficient (Wildman–Crippen LogP) is 4.51. The Morgan fingerprint density at radius 3 is 2.08 bits per heavy atom. The van der Waals surface area contributed by atoms with Gasteiger partial charge in [-0.25, -0.2) is 0 Å². The molecular formula is C19H24BrNO5. The van der Waals surface area contributed by atoms with E-state index in [9.17, 15) is 4.79 Å². The summed E-state index contributed by atoms with van der Waals surface area (Å²) in [6, 6.07) is 7.00. The normalized spacial score (nSPS) is 10.5. The van der Waals surface area contributed by atoms with E-state index in [0.717, 1.165) is 0 Å². The maximum Gasteiger partial charge on any atom is 0.254 e. The zero-order chi connectivity index (χ0) is 19.1. The van der Waals surface area contributed by atoms with Crippen LogP contribution in [-0.2, 0) is 6.54 Å². The second-order valence-corrected chi connectivity index (χ2v) is 6.25. The van der Waals surface area contributed by atoms with Gasteiger partial charge >= 0.3 is 0 Å². The number of carbonyl (C=O) groups excluding carboxylic acids is 1. The van der Waals surface area contributed by atoms with E-state index in [4.69, 9.17) is 18.6 Å². The van der Waals surface area contributed by atoms with E-state index in [-0.39, 0.29) is 5.91 Å². The molecular weight excluding hydrogens is 402 g/mol. The smallest absolute Gasteiger partial charge is 0.254 e. The number of hydrogen-bond acceptors (Lipinski definition) is 5. The van der Waals surface area contributed by atoms with Gasteiger partial charge in [-0.2, -0.15) is 0 Å². The standard InChI is InChI=1S/C19H24BrNO5/c1-5-23-15-10-13(11-16(24-6-2)18(15)25-7-3)19(22)21(4)12-14-8-9-17(20)26-14/h8-11H,5-7,12H2,1-4H3. The Hall–Kier alpha value is -2.15. The molecule has 2 rings (SSSR count). The number of hydrogen-bond donors (Lipinski definition) is 0. The van der Waals surface area contributed by atoms with Crippen molar-refractivity contribution in [2.45, 2.75) is 27.3 Å². The molecule has 26 heavy (non-hydrogen) atoms. The van der Waals surface area contributed by atoms with E-state index < -0.39 is 0 Å². The molecule has 6 nitrogen and oxygen atoms in total. The zero-order valence-electron chi connectivity index (χ0n) is 15.5. The Bertz CT molecular complexity index is 716. The van der Waals surface area contributed by atoms with Gasteiger partial charge in [0.25, 0.3) is 5.91 Å². The number of rotatable bonds is 9. The van der Waals surface area contributed by atoms with Gasteiger partial charge in [0.15, 0.2) is 16.2 Å². The fourth-order valence-corrected chi connectivity index (χ4v) is 2.81. The van der Waals surface area contributed by atoms with Gasteiger partial charge in [0, 0.05) is 12.6 Å². The van der Waals surface area contributed by atoms with Gasteiger partial charge in [-0.3, -0.25) is 4.79 Å². The quantitative estimate of drug-likeness (QED) is 0.591. The molecule has 1 aromatic carbocycles. The van der Waals surface area contributed by atoms with Crippen LogP contribution in [0.3, 0.4) is 0 Å². The van der Waals surface area contributed by atoms with E-state index in [2.05, 4.69) is 15.9 Å². The molecule has 0 fully saturated rings. The minimum Gasteiger partial charge on any atom is -0.490 e. The Morgan fingerprint density at radius 1 is 1.04 bits per heavy atom. The van der Waals surface area contributed by atoms with Gasteiger partial charge in [0.1, 0.15) is 5.76 Å². The van der Waals surface area contributed by atoms with Crippen LogP contribution in [0.1, 0.15) is 36.9 Å². The first kappa shape index (κ1) is 20.2. The lowest BCUT2D eigenvalue weighted by Crippen LogP contribution is -2.26. The molecule has 0 aliphatic carbocycles. The van der Waals surface area contributed by atoms with Crippen molar-refractivity contribution in [1.82, 2.24) is 4.90 Å². The molecule has 0 spiro atoms. The molecule has 2 aromatic rings. The highest BCUT2D eigenvalue weighted by Crippen LogP contribution is 2.39. The van der Waals surface area contributed by atoms with E-state index in [0.29, 0.717) is 59.6 Å². The van der Waals surface area contributed by atoms with Crippen LogP contribution in [0.4, 0.5) is 0 Å². The van der Waals surface area contributed by atoms with E-state index in [1.807, 2.05) is 26.8 Å². The van der Waals surface area contributed by atoms with Gasteiger partial charge in [0.2, 0.25) is 5.75 Å². The van der Waals surface area contributed by atoms with Crippen molar-refractivity contribution in [3.63, 3.8) is 0 Å². The van der Waals surface area contributed by atoms with Gasteiger partial charge in [-0.1, -0.05) is 0 Å². The van der Waals surface area contributed by atoms with Crippen LogP contribution >= 0.6 is 15.9 Å². The topological polar surface area (TPSA) is 61.1 Å². The first-order valence-electron chi connectivity index (χ1n) is 8.56. The van der Waals surface area contributed by atoms with Crippen molar-refractivity contribution in [2.24, 2.45) is 0 Å². The average molecular weight is 426 g/mol. The Balaban J connectivity index is 2.32. The molecule has 0 N–H and O–H groups in total. The summed E-state index contributed by atoms with van der Waals surface area (Å²) in [7, 11) is 1.72. The van der Waals surface area contributed by atoms with Gasteiger partial charge in [0.05, 0.1) is 26.4 Å². The lowest BCUT2D eigenvalue weighted by Gasteiger charge is -2.20. The van der Waals surface area contributed by atoms with Gasteiger partial charge < -0.3 is 23.5 Å². The van der Waals surface area contributed by atoms with Crippen LogP contribution in [0, 0.1) is 0 Å². The lowest BCUT2D eigenvalue weighted by molar-refractivity contribution is 0.0774. The highest BCUT2D eigenvalue weighted by molar-refractivity contribution is 9.10. The maximum absolute atomic E-state index is 12.9. The number of amides is 1. The van der Waals surface area contributed by atoms with Crippen molar-refractivity contribution >= 4 is 21.8 Å². The summed E-state index contributed by atoms with van der Waals surface area (Å²) in [5.74, 6) is 2.04. The first-order valence-corrected chi connectivity index (χ1v) is 9.35. The monoisotopic (exact) mass is 425 g/mol. The second kappa shape index (κ2) is 9.52. The van der Waals surface area contributed by atoms with Crippen molar-refractivity contribution in [3.05, 3.63) is 40.3 Å². The molecule has 1 amide bonds. The molecule has 0 saturated carbocycles. The predicted molar refractivity (Wildman–Crippen MR) is 102 cm³/mol. The zero-order valence-corrected chi connectivity index (χ0v) is 17.1. The van der Waals surface area contributed by atoms with E-state index >= 15 is 0 Å². The number of nitrogens with zero attached hydrogens (tertiary/aromatic N) is 1. The molecule has 1 aromatic heterocycles. The third-order valence-corrected chi connectivity index (χ3v) is 3.95. The molecule has 0 unspecified atom stereocenters. The minimum absolute atomic E-state index is 0.164. The molecule has 7 heteroatoms. The summed E-state index contributed by atoms with van der Waals surface area (Å²) in [5, 5.41) is 0. The molecule has 0 saturated heterocycles. The number of carbonyl (C=O) groups is 1. The second-order valence-electron chi connectivity index (χ2n) is 5.47. The Kier molecular flexibility index (Phi) is 7.38. The van der Waals surface area contributed by atoms with Crippen LogP contribution in [-0.4, -0.2) is 37.7 Å². The molecule has 0 aliphatic heterocycles. The Morgan fingerprint density at radius 2 is 1.62 bits per heavy atom. The third-order valence-electron chi connectivity index (χ3n) is 3.52. The number of halogens is 1. The number of furan rings is 1. The minimum atomic E-state index is -0.164. The van der Waals surface area contributed by atoms with Crippen LogP contribution < -0.4 is 14.2 Å². The summed E-state index contributed by atoms with van der Waals surface area (Å²) in [4.78, 5) is 14.4. The van der Waals surface area contributed by atoms with Gasteiger partial charge in [-0.05, 0) is 61.0 Å². The van der Waals surface area contributed by atoms with Crippen molar-refractivity contribution in [2.75, 3.05) is 26.9 Å². The van der Waals surface area contributed by atoms with Crippen molar-refractivity contribution in [3.8, 4) is 17.2 Å². The molecule has 0 radical (unpaired) electrons. The fourth-order valence-electron chi connectivity index (χ4n) is 2.47. The molecule has 1 heterocycles. The summed E-state index contributed by atoms with van der Waals surface area (Å²) in [5.41, 5.74) is 0.466. The third kappa shape index (κ3) is 4.94. The fraction of sp³-hybridized carbons (Fsp3) is 0.421. The Labute approximate surface area is 162 Å². The summed E-state index contributed by atoms with van der Waals surface area (Å²) < 4.78 is 23.1. The number of ether oxygens (including phenoxy) is 3. The van der Waals surface area contributed by atoms with Crippen molar-refractivity contribution in [1.29, 1.82) is 0 Å². The van der Waals surface area contributed by atoms with Gasteiger partial charge in [-0.15, -0.1) is 0 Å². The largest absolute Gasteiger partial charge is 0.490 e. The van der Waals surface area contributed by atoms with E-state index in [1.54, 1.807) is 30.1 Å². The van der Waals surface area contributed by atoms with Crippen LogP contribution in [0.5, 0.6) is 17.2 Å².